The molecule has 1 atom stereocenters. The van der Waals surface area contributed by atoms with E-state index in [1.807, 2.05) is 27.7 Å². The molecule has 0 saturated heterocycles. The molecular weight excluding hydrogens is 230 g/mol. The van der Waals surface area contributed by atoms with Crippen LogP contribution < -0.4 is 4.72 Å². The van der Waals surface area contributed by atoms with E-state index >= 15 is 0 Å². The first-order chi connectivity index (χ1) is 6.86. The van der Waals surface area contributed by atoms with Crippen LogP contribution in [0.2, 0.25) is 0 Å². The highest BCUT2D eigenvalue weighted by Gasteiger charge is 2.20. The van der Waals surface area contributed by atoms with Crippen LogP contribution in [0.25, 0.3) is 0 Å². The van der Waals surface area contributed by atoms with Crippen molar-refractivity contribution in [2.45, 2.75) is 45.1 Å². The van der Waals surface area contributed by atoms with Gasteiger partial charge in [-0.15, -0.1) is 11.3 Å². The second-order valence-electron chi connectivity index (χ2n) is 3.71. The molecule has 0 bridgehead atoms. The molecule has 0 aliphatic heterocycles. The minimum Gasteiger partial charge on any atom is -0.208 e. The van der Waals surface area contributed by atoms with Crippen LogP contribution in [0, 0.1) is 13.8 Å². The fourth-order valence-corrected chi connectivity index (χ4v) is 4.17. The molecule has 0 aromatic carbocycles. The zero-order valence-electron chi connectivity index (χ0n) is 9.49. The first-order valence-electron chi connectivity index (χ1n) is 4.96. The average molecular weight is 247 g/mol. The lowest BCUT2D eigenvalue weighted by Crippen LogP contribution is -2.32. The van der Waals surface area contributed by atoms with Gasteiger partial charge in [0, 0.05) is 15.8 Å². The van der Waals surface area contributed by atoms with Gasteiger partial charge in [-0.2, -0.15) is 0 Å². The zero-order chi connectivity index (χ0) is 11.6. The standard InChI is InChI=1S/C10H17NO2S2/c1-5-7(2)11-15(12,13)10-6-8(3)14-9(10)4/h6-7,11H,5H2,1-4H3. The molecule has 0 saturated carbocycles. The minimum absolute atomic E-state index is 0.0189. The van der Waals surface area contributed by atoms with Crippen molar-refractivity contribution in [3.63, 3.8) is 0 Å². The maximum Gasteiger partial charge on any atom is 0.241 e. The predicted molar refractivity (Wildman–Crippen MR) is 63.9 cm³/mol. The van der Waals surface area contributed by atoms with Crippen LogP contribution in [0.1, 0.15) is 30.0 Å². The molecule has 5 heteroatoms. The molecule has 0 aliphatic rings. The van der Waals surface area contributed by atoms with Crippen molar-refractivity contribution in [1.82, 2.24) is 4.72 Å². The van der Waals surface area contributed by atoms with Gasteiger partial charge in [-0.25, -0.2) is 13.1 Å². The maximum atomic E-state index is 11.9. The Kier molecular flexibility index (Phi) is 3.92. The molecule has 86 valence electrons. The highest BCUT2D eigenvalue weighted by Crippen LogP contribution is 2.24. The number of sulfonamides is 1. The van der Waals surface area contributed by atoms with Gasteiger partial charge in [0.15, 0.2) is 0 Å². The predicted octanol–water partition coefficient (Wildman–Crippen LogP) is 2.44. The Morgan fingerprint density at radius 3 is 2.47 bits per heavy atom. The lowest BCUT2D eigenvalue weighted by Gasteiger charge is -2.11. The molecule has 1 N–H and O–H groups in total. The van der Waals surface area contributed by atoms with E-state index in [2.05, 4.69) is 4.72 Å². The van der Waals surface area contributed by atoms with Crippen molar-refractivity contribution in [3.05, 3.63) is 15.8 Å². The van der Waals surface area contributed by atoms with Gasteiger partial charge >= 0.3 is 0 Å². The Bertz CT molecular complexity index is 434. The van der Waals surface area contributed by atoms with Crippen LogP contribution >= 0.6 is 11.3 Å². The summed E-state index contributed by atoms with van der Waals surface area (Å²) in [5, 5.41) is 0. The van der Waals surface area contributed by atoms with Gasteiger partial charge < -0.3 is 0 Å². The Morgan fingerprint density at radius 2 is 2.07 bits per heavy atom. The van der Waals surface area contributed by atoms with E-state index in [0.717, 1.165) is 16.2 Å². The van der Waals surface area contributed by atoms with Gasteiger partial charge in [0.05, 0.1) is 4.90 Å². The smallest absolute Gasteiger partial charge is 0.208 e. The summed E-state index contributed by atoms with van der Waals surface area (Å²) < 4.78 is 26.5. The number of rotatable bonds is 4. The first kappa shape index (κ1) is 12.7. The molecule has 3 nitrogen and oxygen atoms in total. The number of thiophene rings is 1. The highest BCUT2D eigenvalue weighted by molar-refractivity contribution is 7.89. The third-order valence-electron chi connectivity index (χ3n) is 2.25. The lowest BCUT2D eigenvalue weighted by molar-refractivity contribution is 0.555. The van der Waals surface area contributed by atoms with Crippen molar-refractivity contribution < 1.29 is 8.42 Å². The van der Waals surface area contributed by atoms with E-state index in [1.165, 1.54) is 11.3 Å². The summed E-state index contributed by atoms with van der Waals surface area (Å²) in [7, 11) is -3.32. The van der Waals surface area contributed by atoms with Gasteiger partial charge in [0.25, 0.3) is 0 Å². The Balaban J connectivity index is 3.01. The second-order valence-corrected chi connectivity index (χ2v) is 6.85. The number of hydrogen-bond acceptors (Lipinski definition) is 3. The summed E-state index contributed by atoms with van der Waals surface area (Å²) >= 11 is 1.51. The van der Waals surface area contributed by atoms with Crippen LogP contribution in [0.4, 0.5) is 0 Å². The fraction of sp³-hybridized carbons (Fsp3) is 0.600. The average Bonchev–Trinajstić information content (AvgIpc) is 2.45. The van der Waals surface area contributed by atoms with E-state index in [0.29, 0.717) is 4.90 Å². The highest BCUT2D eigenvalue weighted by atomic mass is 32.2. The van der Waals surface area contributed by atoms with E-state index in [4.69, 9.17) is 0 Å². The van der Waals surface area contributed by atoms with Crippen molar-refractivity contribution in [2.75, 3.05) is 0 Å². The molecule has 1 aromatic heterocycles. The zero-order valence-corrected chi connectivity index (χ0v) is 11.1. The molecule has 0 spiro atoms. The molecule has 1 rings (SSSR count). The molecule has 1 aromatic rings. The number of aryl methyl sites for hydroxylation is 2. The molecule has 0 radical (unpaired) electrons. The normalized spacial score (nSPS) is 14.1. The summed E-state index contributed by atoms with van der Waals surface area (Å²) in [6.45, 7) is 7.58. The molecule has 0 aliphatic carbocycles. The van der Waals surface area contributed by atoms with Crippen LogP contribution in [0.3, 0.4) is 0 Å². The van der Waals surface area contributed by atoms with Crippen molar-refractivity contribution in [3.8, 4) is 0 Å². The van der Waals surface area contributed by atoms with Crippen LogP contribution in [-0.4, -0.2) is 14.5 Å². The van der Waals surface area contributed by atoms with Crippen molar-refractivity contribution >= 4 is 21.4 Å². The number of hydrogen-bond donors (Lipinski definition) is 1. The third kappa shape index (κ3) is 3.03. The topological polar surface area (TPSA) is 46.2 Å². The summed E-state index contributed by atoms with van der Waals surface area (Å²) in [6, 6.07) is 1.71. The molecule has 15 heavy (non-hydrogen) atoms. The fourth-order valence-electron chi connectivity index (χ4n) is 1.29. The molecule has 1 heterocycles. The minimum atomic E-state index is -3.32. The third-order valence-corrected chi connectivity index (χ3v) is 5.06. The monoisotopic (exact) mass is 247 g/mol. The second kappa shape index (κ2) is 4.63. The largest absolute Gasteiger partial charge is 0.241 e. The van der Waals surface area contributed by atoms with Gasteiger partial charge in [-0.05, 0) is 33.3 Å². The summed E-state index contributed by atoms with van der Waals surface area (Å²) in [6.07, 6.45) is 0.793. The quantitative estimate of drug-likeness (QED) is 0.888. The Hall–Kier alpha value is -0.390. The van der Waals surface area contributed by atoms with Crippen LogP contribution in [0.15, 0.2) is 11.0 Å². The van der Waals surface area contributed by atoms with Gasteiger partial charge in [-0.3, -0.25) is 0 Å². The lowest BCUT2D eigenvalue weighted by atomic mass is 10.3. The summed E-state index contributed by atoms with van der Waals surface area (Å²) in [4.78, 5) is 2.30. The molecular formula is C10H17NO2S2. The van der Waals surface area contributed by atoms with E-state index in [9.17, 15) is 8.42 Å². The molecule has 1 unspecified atom stereocenters. The van der Waals surface area contributed by atoms with E-state index < -0.39 is 10.0 Å². The SMILES string of the molecule is CCC(C)NS(=O)(=O)c1cc(C)sc1C. The van der Waals surface area contributed by atoms with Crippen LogP contribution in [0.5, 0.6) is 0 Å². The molecule has 0 amide bonds. The Morgan fingerprint density at radius 1 is 1.47 bits per heavy atom. The van der Waals surface area contributed by atoms with E-state index in [1.54, 1.807) is 6.07 Å². The molecule has 0 fully saturated rings. The first-order valence-corrected chi connectivity index (χ1v) is 7.26. The summed E-state index contributed by atoms with van der Waals surface area (Å²) in [5.41, 5.74) is 0. The van der Waals surface area contributed by atoms with Gasteiger partial charge in [0.2, 0.25) is 10.0 Å². The van der Waals surface area contributed by atoms with E-state index in [-0.39, 0.29) is 6.04 Å². The van der Waals surface area contributed by atoms with Crippen molar-refractivity contribution in [1.29, 1.82) is 0 Å². The van der Waals surface area contributed by atoms with Gasteiger partial charge in [-0.1, -0.05) is 6.92 Å². The Labute approximate surface area is 95.6 Å². The maximum absolute atomic E-state index is 11.9. The van der Waals surface area contributed by atoms with Crippen LogP contribution in [-0.2, 0) is 10.0 Å². The number of nitrogens with one attached hydrogen (secondary N) is 1. The van der Waals surface area contributed by atoms with Gasteiger partial charge in [0.1, 0.15) is 0 Å². The van der Waals surface area contributed by atoms with Crippen molar-refractivity contribution in [2.24, 2.45) is 0 Å². The summed E-state index contributed by atoms with van der Waals surface area (Å²) in [5.74, 6) is 0.